The molecule has 1 heterocycles. The summed E-state index contributed by atoms with van der Waals surface area (Å²) in [6.45, 7) is 0.614. The fraction of sp³-hybridized carbons (Fsp3) is 0.176. The fourth-order valence-corrected chi connectivity index (χ4v) is 2.75. The summed E-state index contributed by atoms with van der Waals surface area (Å²) in [6.07, 6.45) is 0. The van der Waals surface area contributed by atoms with E-state index in [4.69, 9.17) is 11.6 Å². The highest BCUT2D eigenvalue weighted by Gasteiger charge is 2.30. The van der Waals surface area contributed by atoms with Gasteiger partial charge in [-0.3, -0.25) is 9.69 Å². The number of benzene rings is 2. The lowest BCUT2D eigenvalue weighted by Gasteiger charge is -2.18. The molecule has 1 fully saturated rings. The van der Waals surface area contributed by atoms with Crippen molar-refractivity contribution in [3.05, 3.63) is 59.1 Å². The third-order valence-corrected chi connectivity index (χ3v) is 3.99. The second kappa shape index (κ2) is 7.06. The third-order valence-electron chi connectivity index (χ3n) is 3.75. The molecule has 1 aliphatic rings. The number of rotatable bonds is 4. The molecule has 1 aliphatic heterocycles. The van der Waals surface area contributed by atoms with Crippen LogP contribution in [0.2, 0.25) is 5.02 Å². The molecule has 0 unspecified atom stereocenters. The lowest BCUT2D eigenvalue weighted by Crippen LogP contribution is -2.37. The van der Waals surface area contributed by atoms with Crippen molar-refractivity contribution in [2.24, 2.45) is 0 Å². The molecule has 8 heteroatoms. The van der Waals surface area contributed by atoms with Gasteiger partial charge in [-0.05, 0) is 30.3 Å². The van der Waals surface area contributed by atoms with E-state index in [1.165, 1.54) is 15.9 Å². The van der Waals surface area contributed by atoms with Gasteiger partial charge in [-0.2, -0.15) is 0 Å². The van der Waals surface area contributed by atoms with Crippen molar-refractivity contribution >= 4 is 34.9 Å². The average molecular weight is 366 g/mol. The predicted octanol–water partition coefficient (Wildman–Crippen LogP) is 3.50. The molecule has 2 aromatic carbocycles. The van der Waals surface area contributed by atoms with Crippen LogP contribution in [0.3, 0.4) is 0 Å². The zero-order chi connectivity index (χ0) is 18.0. The molecule has 0 radical (unpaired) electrons. The van der Waals surface area contributed by atoms with Crippen LogP contribution in [-0.2, 0) is 4.79 Å². The predicted molar refractivity (Wildman–Crippen MR) is 90.8 cm³/mol. The number of carbonyl (C=O) groups is 2. The van der Waals surface area contributed by atoms with Gasteiger partial charge in [0.1, 0.15) is 6.54 Å². The summed E-state index contributed by atoms with van der Waals surface area (Å²) in [6, 6.07) is 9.62. The van der Waals surface area contributed by atoms with Crippen LogP contribution < -0.4 is 10.2 Å². The van der Waals surface area contributed by atoms with E-state index in [0.717, 1.165) is 12.1 Å². The van der Waals surface area contributed by atoms with Crippen LogP contribution in [0.15, 0.2) is 42.5 Å². The van der Waals surface area contributed by atoms with Crippen LogP contribution in [-0.4, -0.2) is 36.5 Å². The summed E-state index contributed by atoms with van der Waals surface area (Å²) in [4.78, 5) is 27.4. The Kier molecular flexibility index (Phi) is 4.85. The summed E-state index contributed by atoms with van der Waals surface area (Å²) in [7, 11) is 0. The van der Waals surface area contributed by atoms with Crippen LogP contribution in [0.4, 0.5) is 25.0 Å². The second-order valence-electron chi connectivity index (χ2n) is 5.51. The highest BCUT2D eigenvalue weighted by molar-refractivity contribution is 6.30. The highest BCUT2D eigenvalue weighted by atomic mass is 35.5. The van der Waals surface area contributed by atoms with E-state index < -0.39 is 17.5 Å². The highest BCUT2D eigenvalue weighted by Crippen LogP contribution is 2.23. The van der Waals surface area contributed by atoms with Gasteiger partial charge < -0.3 is 10.2 Å². The number of halogens is 3. The molecular formula is C17H14ClF2N3O2. The van der Waals surface area contributed by atoms with Gasteiger partial charge in [0.15, 0.2) is 11.6 Å². The molecule has 5 nitrogen and oxygen atoms in total. The van der Waals surface area contributed by atoms with Crippen LogP contribution >= 0.6 is 11.6 Å². The molecule has 1 saturated heterocycles. The van der Waals surface area contributed by atoms with E-state index in [1.54, 1.807) is 24.3 Å². The van der Waals surface area contributed by atoms with Gasteiger partial charge in [-0.1, -0.05) is 17.7 Å². The van der Waals surface area contributed by atoms with Crippen molar-refractivity contribution in [1.82, 2.24) is 4.90 Å². The third kappa shape index (κ3) is 3.88. The zero-order valence-corrected chi connectivity index (χ0v) is 13.8. The molecule has 0 aliphatic carbocycles. The molecule has 3 amide bonds. The number of urea groups is 1. The fourth-order valence-electron chi connectivity index (χ4n) is 2.56. The van der Waals surface area contributed by atoms with Gasteiger partial charge in [0.2, 0.25) is 5.91 Å². The first kappa shape index (κ1) is 17.2. The minimum Gasteiger partial charge on any atom is -0.324 e. The van der Waals surface area contributed by atoms with E-state index in [-0.39, 0.29) is 18.3 Å². The van der Waals surface area contributed by atoms with Gasteiger partial charge in [0, 0.05) is 35.6 Å². The first-order valence-corrected chi connectivity index (χ1v) is 7.89. The molecule has 0 saturated carbocycles. The number of anilines is 2. The monoisotopic (exact) mass is 365 g/mol. The Morgan fingerprint density at radius 2 is 1.92 bits per heavy atom. The van der Waals surface area contributed by atoms with Crippen LogP contribution in [0.5, 0.6) is 0 Å². The number of nitrogens with one attached hydrogen (secondary N) is 1. The quantitative estimate of drug-likeness (QED) is 0.901. The molecule has 0 aromatic heterocycles. The Morgan fingerprint density at radius 1 is 1.12 bits per heavy atom. The SMILES string of the molecule is O=C(CN1CCN(c2cccc(Cl)c2)C1=O)Nc1ccc(F)c(F)c1. The lowest BCUT2D eigenvalue weighted by atomic mass is 10.3. The number of carbonyl (C=O) groups excluding carboxylic acids is 2. The maximum absolute atomic E-state index is 13.2. The molecular weight excluding hydrogens is 352 g/mol. The minimum atomic E-state index is -1.05. The first-order chi connectivity index (χ1) is 11.9. The van der Waals surface area contributed by atoms with Gasteiger partial charge in [0.25, 0.3) is 0 Å². The van der Waals surface area contributed by atoms with E-state index >= 15 is 0 Å². The molecule has 130 valence electrons. The Balaban J connectivity index is 1.62. The Labute approximate surface area is 147 Å². The second-order valence-corrected chi connectivity index (χ2v) is 5.95. The largest absolute Gasteiger partial charge is 0.325 e. The summed E-state index contributed by atoms with van der Waals surface area (Å²) in [5, 5.41) is 2.96. The van der Waals surface area contributed by atoms with Crippen molar-refractivity contribution in [2.75, 3.05) is 29.9 Å². The van der Waals surface area contributed by atoms with Gasteiger partial charge >= 0.3 is 6.03 Å². The number of hydrogen-bond donors (Lipinski definition) is 1. The summed E-state index contributed by atoms with van der Waals surface area (Å²) < 4.78 is 26.1. The van der Waals surface area contributed by atoms with Crippen LogP contribution in [0.25, 0.3) is 0 Å². The standard InChI is InChI=1S/C17H14ClF2N3O2/c18-11-2-1-3-13(8-11)23-7-6-22(17(23)25)10-16(24)21-12-4-5-14(19)15(20)9-12/h1-5,8-9H,6-7,10H2,(H,21,24). The average Bonchev–Trinajstić information content (AvgIpc) is 2.92. The molecule has 0 spiro atoms. The summed E-state index contributed by atoms with van der Waals surface area (Å²) in [5.41, 5.74) is 0.781. The first-order valence-electron chi connectivity index (χ1n) is 7.51. The Morgan fingerprint density at radius 3 is 2.64 bits per heavy atom. The zero-order valence-electron chi connectivity index (χ0n) is 13.0. The number of hydrogen-bond acceptors (Lipinski definition) is 2. The van der Waals surface area contributed by atoms with Crippen molar-refractivity contribution in [3.8, 4) is 0 Å². The molecule has 2 aromatic rings. The van der Waals surface area contributed by atoms with Crippen molar-refractivity contribution < 1.29 is 18.4 Å². The Hall–Kier alpha value is -2.67. The van der Waals surface area contributed by atoms with E-state index in [9.17, 15) is 18.4 Å². The molecule has 3 rings (SSSR count). The smallest absolute Gasteiger partial charge is 0.324 e. The van der Waals surface area contributed by atoms with Gasteiger partial charge in [0.05, 0.1) is 0 Å². The van der Waals surface area contributed by atoms with E-state index in [1.807, 2.05) is 0 Å². The molecule has 25 heavy (non-hydrogen) atoms. The number of nitrogens with zero attached hydrogens (tertiary/aromatic N) is 2. The Bertz CT molecular complexity index is 831. The van der Waals surface area contributed by atoms with Crippen LogP contribution in [0.1, 0.15) is 0 Å². The maximum atomic E-state index is 13.2. The molecule has 1 N–H and O–H groups in total. The van der Waals surface area contributed by atoms with E-state index in [0.29, 0.717) is 23.8 Å². The summed E-state index contributed by atoms with van der Waals surface area (Å²) in [5.74, 6) is -2.54. The molecule has 0 bridgehead atoms. The lowest BCUT2D eigenvalue weighted by molar-refractivity contribution is -0.116. The van der Waals surface area contributed by atoms with Crippen molar-refractivity contribution in [2.45, 2.75) is 0 Å². The van der Waals surface area contributed by atoms with Crippen molar-refractivity contribution in [1.29, 1.82) is 0 Å². The number of amides is 3. The van der Waals surface area contributed by atoms with Gasteiger partial charge in [-0.25, -0.2) is 13.6 Å². The minimum absolute atomic E-state index is 0.127. The van der Waals surface area contributed by atoms with E-state index in [2.05, 4.69) is 5.32 Å². The normalized spacial score (nSPS) is 14.1. The molecule has 0 atom stereocenters. The summed E-state index contributed by atoms with van der Waals surface area (Å²) >= 11 is 5.93. The van der Waals surface area contributed by atoms with Crippen LogP contribution in [0, 0.1) is 11.6 Å². The van der Waals surface area contributed by atoms with Gasteiger partial charge in [-0.15, -0.1) is 0 Å². The maximum Gasteiger partial charge on any atom is 0.325 e. The van der Waals surface area contributed by atoms with Crippen molar-refractivity contribution in [3.63, 3.8) is 0 Å². The topological polar surface area (TPSA) is 52.7 Å².